The van der Waals surface area contributed by atoms with E-state index < -0.39 is 12.1 Å². The Kier molecular flexibility index (Phi) is 4.41. The van der Waals surface area contributed by atoms with Crippen LogP contribution < -0.4 is 5.32 Å². The summed E-state index contributed by atoms with van der Waals surface area (Å²) in [6, 6.07) is 9.89. The van der Waals surface area contributed by atoms with E-state index >= 15 is 0 Å². The molecule has 0 unspecified atom stereocenters. The van der Waals surface area contributed by atoms with Gasteiger partial charge < -0.3 is 10.1 Å². The summed E-state index contributed by atoms with van der Waals surface area (Å²) in [6.07, 6.45) is 4.74. The minimum absolute atomic E-state index is 0.0912. The quantitative estimate of drug-likeness (QED) is 0.823. The molecule has 0 radical (unpaired) electrons. The molecule has 6 heteroatoms. The molecule has 1 aromatic carbocycles. The zero-order valence-corrected chi connectivity index (χ0v) is 12.9. The van der Waals surface area contributed by atoms with Crippen LogP contribution in [-0.4, -0.2) is 33.8 Å². The van der Waals surface area contributed by atoms with Crippen molar-refractivity contribution in [3.63, 3.8) is 0 Å². The van der Waals surface area contributed by atoms with Crippen LogP contribution in [0.15, 0.2) is 42.7 Å². The van der Waals surface area contributed by atoms with Crippen LogP contribution in [0.4, 0.5) is 0 Å². The fourth-order valence-electron chi connectivity index (χ4n) is 2.18. The van der Waals surface area contributed by atoms with Crippen LogP contribution in [0.5, 0.6) is 0 Å². The summed E-state index contributed by atoms with van der Waals surface area (Å²) in [7, 11) is 0. The second-order valence-corrected chi connectivity index (χ2v) is 5.72. The van der Waals surface area contributed by atoms with E-state index in [1.54, 1.807) is 24.0 Å². The first-order valence-electron chi connectivity index (χ1n) is 7.70. The predicted molar refractivity (Wildman–Crippen MR) is 84.0 cm³/mol. The molecule has 1 N–H and O–H groups in total. The monoisotopic (exact) mass is 313 g/mol. The number of para-hydroxylation sites is 1. The van der Waals surface area contributed by atoms with E-state index in [1.807, 2.05) is 30.3 Å². The first kappa shape index (κ1) is 15.3. The highest BCUT2D eigenvalue weighted by molar-refractivity contribution is 5.84. The van der Waals surface area contributed by atoms with Crippen molar-refractivity contribution >= 4 is 11.9 Å². The number of nitrogens with zero attached hydrogens (tertiary/aromatic N) is 2. The zero-order valence-electron chi connectivity index (χ0n) is 12.9. The van der Waals surface area contributed by atoms with Gasteiger partial charge in [-0.1, -0.05) is 18.2 Å². The van der Waals surface area contributed by atoms with Gasteiger partial charge in [-0.05, 0) is 31.9 Å². The van der Waals surface area contributed by atoms with Crippen LogP contribution in [0.1, 0.15) is 25.3 Å². The lowest BCUT2D eigenvalue weighted by Crippen LogP contribution is -2.37. The van der Waals surface area contributed by atoms with Gasteiger partial charge >= 0.3 is 5.97 Å². The Balaban J connectivity index is 1.53. The van der Waals surface area contributed by atoms with Gasteiger partial charge in [0.2, 0.25) is 0 Å². The minimum atomic E-state index is -0.771. The topological polar surface area (TPSA) is 73.2 Å². The molecule has 0 saturated heterocycles. The van der Waals surface area contributed by atoms with Crippen molar-refractivity contribution < 1.29 is 14.3 Å². The smallest absolute Gasteiger partial charge is 0.311 e. The number of ether oxygens (including phenoxy) is 1. The Morgan fingerprint density at radius 3 is 2.78 bits per heavy atom. The molecular formula is C17H19N3O3. The number of nitrogens with one attached hydrogen (secondary N) is 1. The average Bonchev–Trinajstić information content (AvgIpc) is 3.24. The fraction of sp³-hybridized carbons (Fsp3) is 0.353. The van der Waals surface area contributed by atoms with Crippen LogP contribution >= 0.6 is 0 Å². The van der Waals surface area contributed by atoms with Gasteiger partial charge in [-0.15, -0.1) is 0 Å². The molecule has 120 valence electrons. The van der Waals surface area contributed by atoms with Crippen molar-refractivity contribution in [2.45, 2.75) is 38.3 Å². The number of amides is 1. The summed E-state index contributed by atoms with van der Waals surface area (Å²) in [5.74, 6) is -0.670. The lowest BCUT2D eigenvalue weighted by molar-refractivity contribution is -0.154. The Labute approximate surface area is 134 Å². The normalized spacial score (nSPS) is 15.0. The highest BCUT2D eigenvalue weighted by Crippen LogP contribution is 2.18. The maximum absolute atomic E-state index is 11.9. The third kappa shape index (κ3) is 4.18. The number of rotatable bonds is 6. The maximum Gasteiger partial charge on any atom is 0.311 e. The largest absolute Gasteiger partial charge is 0.452 e. The van der Waals surface area contributed by atoms with Gasteiger partial charge in [0.25, 0.3) is 5.91 Å². The number of benzene rings is 1. The summed E-state index contributed by atoms with van der Waals surface area (Å²) < 4.78 is 6.87. The van der Waals surface area contributed by atoms with Crippen molar-refractivity contribution in [1.82, 2.24) is 15.1 Å². The summed E-state index contributed by atoms with van der Waals surface area (Å²) in [5.41, 5.74) is 1.66. The summed E-state index contributed by atoms with van der Waals surface area (Å²) in [6.45, 7) is 1.59. The average molecular weight is 313 g/mol. The van der Waals surface area contributed by atoms with E-state index in [4.69, 9.17) is 4.74 Å². The molecule has 1 amide bonds. The molecule has 23 heavy (non-hydrogen) atoms. The summed E-state index contributed by atoms with van der Waals surface area (Å²) in [5, 5.41) is 7.05. The van der Waals surface area contributed by atoms with Crippen LogP contribution in [0.2, 0.25) is 0 Å². The van der Waals surface area contributed by atoms with E-state index in [2.05, 4.69) is 10.4 Å². The minimum Gasteiger partial charge on any atom is -0.452 e. The molecule has 2 aromatic rings. The lowest BCUT2D eigenvalue weighted by Gasteiger charge is -2.12. The van der Waals surface area contributed by atoms with E-state index in [9.17, 15) is 9.59 Å². The summed E-state index contributed by atoms with van der Waals surface area (Å²) >= 11 is 0. The van der Waals surface area contributed by atoms with Crippen LogP contribution in [0.25, 0.3) is 5.69 Å². The fourth-order valence-corrected chi connectivity index (χ4v) is 2.18. The van der Waals surface area contributed by atoms with Gasteiger partial charge in [-0.2, -0.15) is 5.10 Å². The third-order valence-corrected chi connectivity index (χ3v) is 3.61. The molecule has 0 bridgehead atoms. The number of carbonyl (C=O) groups is 2. The zero-order chi connectivity index (χ0) is 16.2. The molecule has 6 nitrogen and oxygen atoms in total. The van der Waals surface area contributed by atoms with Crippen LogP contribution in [0, 0.1) is 0 Å². The second kappa shape index (κ2) is 6.64. The maximum atomic E-state index is 11.9. The first-order chi connectivity index (χ1) is 11.1. The van der Waals surface area contributed by atoms with Gasteiger partial charge in [0.05, 0.1) is 18.3 Å². The van der Waals surface area contributed by atoms with Crippen LogP contribution in [-0.2, 0) is 20.7 Å². The van der Waals surface area contributed by atoms with Gasteiger partial charge in [-0.25, -0.2) is 4.68 Å². The standard InChI is InChI=1S/C17H19N3O3/c1-12(17(22)19-14-7-8-14)23-16(21)9-13-10-18-20(11-13)15-5-3-2-4-6-15/h2-6,10-12,14H,7-9H2,1H3,(H,19,22)/t12-/m0/s1. The van der Waals surface area contributed by atoms with Gasteiger partial charge in [-0.3, -0.25) is 9.59 Å². The first-order valence-corrected chi connectivity index (χ1v) is 7.70. The second-order valence-electron chi connectivity index (χ2n) is 5.72. The van der Waals surface area contributed by atoms with Gasteiger partial charge in [0, 0.05) is 17.8 Å². The molecule has 1 fully saturated rings. The number of esters is 1. The number of hydrogen-bond donors (Lipinski definition) is 1. The Hall–Kier alpha value is -2.63. The molecule has 3 rings (SSSR count). The molecule has 1 aromatic heterocycles. The highest BCUT2D eigenvalue weighted by atomic mass is 16.5. The highest BCUT2D eigenvalue weighted by Gasteiger charge is 2.27. The molecule has 1 aliphatic rings. The Morgan fingerprint density at radius 1 is 1.35 bits per heavy atom. The predicted octanol–water partition coefficient (Wildman–Crippen LogP) is 1.63. The van der Waals surface area contributed by atoms with E-state index in [0.717, 1.165) is 24.1 Å². The van der Waals surface area contributed by atoms with E-state index in [0.29, 0.717) is 0 Å². The summed E-state index contributed by atoms with van der Waals surface area (Å²) in [4.78, 5) is 23.7. The van der Waals surface area contributed by atoms with Gasteiger partial charge in [0.15, 0.2) is 6.10 Å². The van der Waals surface area contributed by atoms with Crippen molar-refractivity contribution in [2.24, 2.45) is 0 Å². The molecular weight excluding hydrogens is 294 g/mol. The number of aromatic nitrogens is 2. The lowest BCUT2D eigenvalue weighted by atomic mass is 10.2. The SMILES string of the molecule is C[C@H](OC(=O)Cc1cnn(-c2ccccc2)c1)C(=O)NC1CC1. The number of hydrogen-bond acceptors (Lipinski definition) is 4. The van der Waals surface area contributed by atoms with Crippen LogP contribution in [0.3, 0.4) is 0 Å². The van der Waals surface area contributed by atoms with Crippen molar-refractivity contribution in [2.75, 3.05) is 0 Å². The molecule has 1 saturated carbocycles. The van der Waals surface area contributed by atoms with Crippen molar-refractivity contribution in [3.8, 4) is 5.69 Å². The van der Waals surface area contributed by atoms with Gasteiger partial charge in [0.1, 0.15) is 0 Å². The van der Waals surface area contributed by atoms with E-state index in [1.165, 1.54) is 0 Å². The molecule has 0 aliphatic heterocycles. The molecule has 0 spiro atoms. The number of carbonyl (C=O) groups excluding carboxylic acids is 2. The third-order valence-electron chi connectivity index (χ3n) is 3.61. The Morgan fingerprint density at radius 2 is 2.09 bits per heavy atom. The molecule has 1 heterocycles. The van der Waals surface area contributed by atoms with Crippen molar-refractivity contribution in [1.29, 1.82) is 0 Å². The van der Waals surface area contributed by atoms with E-state index in [-0.39, 0.29) is 18.4 Å². The Bertz CT molecular complexity index is 692. The molecule has 1 aliphatic carbocycles. The van der Waals surface area contributed by atoms with Crippen molar-refractivity contribution in [3.05, 3.63) is 48.3 Å². The molecule has 1 atom stereocenters.